The summed E-state index contributed by atoms with van der Waals surface area (Å²) in [6.45, 7) is 10.2. The largest absolute Gasteiger partial charge is 0.356 e. The van der Waals surface area contributed by atoms with Crippen LogP contribution < -0.4 is 10.2 Å². The molecule has 1 aromatic rings. The third-order valence-electron chi connectivity index (χ3n) is 5.44. The summed E-state index contributed by atoms with van der Waals surface area (Å²) in [4.78, 5) is 27.1. The third-order valence-corrected chi connectivity index (χ3v) is 6.26. The van der Waals surface area contributed by atoms with E-state index in [9.17, 15) is 4.79 Å². The highest BCUT2D eigenvalue weighted by molar-refractivity contribution is 7.09. The smallest absolute Gasteiger partial charge is 0.219 e. The fourth-order valence-electron chi connectivity index (χ4n) is 3.65. The van der Waals surface area contributed by atoms with E-state index in [0.717, 1.165) is 82.0 Å². The lowest BCUT2D eigenvalue weighted by atomic mass is 9.97. The Morgan fingerprint density at radius 3 is 2.44 bits per heavy atom. The van der Waals surface area contributed by atoms with Gasteiger partial charge in [-0.3, -0.25) is 9.79 Å². The highest BCUT2D eigenvalue weighted by atomic mass is 32.1. The van der Waals surface area contributed by atoms with Gasteiger partial charge in [-0.15, -0.1) is 0 Å². The van der Waals surface area contributed by atoms with Gasteiger partial charge in [0.05, 0.1) is 0 Å². The van der Waals surface area contributed by atoms with E-state index in [1.165, 1.54) is 11.5 Å². The Bertz CT molecular complexity index is 646. The number of aromatic nitrogens is 2. The zero-order valence-corrected chi connectivity index (χ0v) is 17.5. The molecule has 3 rings (SSSR count). The number of carbonyl (C=O) groups excluding carboxylic acids is 1. The maximum Gasteiger partial charge on any atom is 0.219 e. The lowest BCUT2D eigenvalue weighted by molar-refractivity contribution is -0.130. The monoisotopic (exact) mass is 393 g/mol. The lowest BCUT2D eigenvalue weighted by Crippen LogP contribution is -2.53. The molecule has 150 valence electrons. The van der Waals surface area contributed by atoms with Crippen molar-refractivity contribution in [3.8, 4) is 0 Å². The summed E-state index contributed by atoms with van der Waals surface area (Å²) >= 11 is 1.50. The second-order valence-electron chi connectivity index (χ2n) is 7.20. The van der Waals surface area contributed by atoms with Crippen molar-refractivity contribution in [1.82, 2.24) is 24.5 Å². The van der Waals surface area contributed by atoms with Crippen LogP contribution >= 0.6 is 11.5 Å². The lowest BCUT2D eigenvalue weighted by Gasteiger charge is -2.37. The third kappa shape index (κ3) is 5.09. The number of piperazine rings is 1. The first-order valence-electron chi connectivity index (χ1n) is 9.89. The van der Waals surface area contributed by atoms with Crippen LogP contribution in [-0.4, -0.2) is 83.9 Å². The molecule has 3 heterocycles. The molecule has 1 amide bonds. The minimum Gasteiger partial charge on any atom is -0.356 e. The first-order chi connectivity index (χ1) is 13.1. The van der Waals surface area contributed by atoms with Gasteiger partial charge in [-0.2, -0.15) is 4.37 Å². The maximum absolute atomic E-state index is 11.4. The number of piperidine rings is 1. The van der Waals surface area contributed by atoms with Gasteiger partial charge in [0.1, 0.15) is 5.82 Å². The Kier molecular flexibility index (Phi) is 6.87. The number of nitrogens with zero attached hydrogens (tertiary/aromatic N) is 6. The van der Waals surface area contributed by atoms with Crippen molar-refractivity contribution in [3.63, 3.8) is 0 Å². The molecule has 0 aromatic carbocycles. The van der Waals surface area contributed by atoms with Crippen molar-refractivity contribution in [2.24, 2.45) is 10.9 Å². The molecular formula is C18H31N7OS. The number of rotatable bonds is 4. The van der Waals surface area contributed by atoms with Crippen molar-refractivity contribution in [3.05, 3.63) is 5.82 Å². The van der Waals surface area contributed by atoms with Crippen molar-refractivity contribution in [1.29, 1.82) is 0 Å². The highest BCUT2D eigenvalue weighted by Gasteiger charge is 2.24. The van der Waals surface area contributed by atoms with Crippen LogP contribution in [0.3, 0.4) is 0 Å². The van der Waals surface area contributed by atoms with E-state index in [2.05, 4.69) is 36.4 Å². The molecule has 2 fully saturated rings. The number of aryl methyl sites for hydroxylation is 1. The number of guanidine groups is 1. The summed E-state index contributed by atoms with van der Waals surface area (Å²) in [7, 11) is 1.85. The van der Waals surface area contributed by atoms with Crippen LogP contribution in [0, 0.1) is 5.92 Å². The Balaban J connectivity index is 1.43. The predicted molar refractivity (Wildman–Crippen MR) is 109 cm³/mol. The van der Waals surface area contributed by atoms with Crippen molar-refractivity contribution in [2.45, 2.75) is 33.1 Å². The Morgan fingerprint density at radius 2 is 1.89 bits per heavy atom. The van der Waals surface area contributed by atoms with Crippen LogP contribution in [0.4, 0.5) is 5.13 Å². The molecule has 0 atom stereocenters. The van der Waals surface area contributed by atoms with Gasteiger partial charge in [0, 0.05) is 77.7 Å². The van der Waals surface area contributed by atoms with Crippen LogP contribution in [0.25, 0.3) is 0 Å². The number of likely N-dealkylation sites (tertiary alicyclic amines) is 1. The molecule has 2 aliphatic heterocycles. The topological polar surface area (TPSA) is 77.0 Å². The summed E-state index contributed by atoms with van der Waals surface area (Å²) in [5, 5.41) is 4.58. The number of nitrogens with one attached hydrogen (secondary N) is 1. The van der Waals surface area contributed by atoms with E-state index < -0.39 is 0 Å². The molecule has 0 radical (unpaired) electrons. The second-order valence-corrected chi connectivity index (χ2v) is 7.93. The number of aliphatic imine (C=N–C) groups is 1. The highest BCUT2D eigenvalue weighted by Crippen LogP contribution is 2.20. The number of amides is 1. The number of carbonyl (C=O) groups is 1. The molecule has 0 unspecified atom stereocenters. The van der Waals surface area contributed by atoms with E-state index in [1.54, 1.807) is 6.92 Å². The molecule has 0 saturated carbocycles. The van der Waals surface area contributed by atoms with E-state index >= 15 is 0 Å². The van der Waals surface area contributed by atoms with Crippen LogP contribution in [-0.2, 0) is 11.2 Å². The zero-order chi connectivity index (χ0) is 19.2. The fourth-order valence-corrected chi connectivity index (χ4v) is 4.45. The standard InChI is InChI=1S/C18H31N7OS/c1-4-16-21-18(27-22-16)25-11-9-24(10-12-25)17(19-3)20-13-15-5-7-23(8-6-15)14(2)26/h15H,4-13H2,1-3H3,(H,19,20). The average molecular weight is 394 g/mol. The fraction of sp³-hybridized carbons (Fsp3) is 0.778. The Labute approximate surface area is 165 Å². The van der Waals surface area contributed by atoms with Crippen molar-refractivity contribution in [2.75, 3.05) is 57.8 Å². The number of anilines is 1. The van der Waals surface area contributed by atoms with Crippen LogP contribution in [0.5, 0.6) is 0 Å². The number of hydrogen-bond acceptors (Lipinski definition) is 6. The summed E-state index contributed by atoms with van der Waals surface area (Å²) < 4.78 is 4.39. The van der Waals surface area contributed by atoms with E-state index in [1.807, 2.05) is 11.9 Å². The molecular weight excluding hydrogens is 362 g/mol. The first kappa shape index (κ1) is 19.9. The molecule has 1 N–H and O–H groups in total. The van der Waals surface area contributed by atoms with Crippen LogP contribution in [0.1, 0.15) is 32.5 Å². The Hall–Kier alpha value is -1.90. The van der Waals surface area contributed by atoms with Gasteiger partial charge in [0.15, 0.2) is 5.96 Å². The SMILES string of the molecule is CCc1nsc(N2CCN(C(=NC)NCC3CCN(C(C)=O)CC3)CC2)n1. The van der Waals surface area contributed by atoms with Gasteiger partial charge in [-0.1, -0.05) is 6.92 Å². The molecule has 1 aromatic heterocycles. The average Bonchev–Trinajstić information content (AvgIpc) is 3.18. The van der Waals surface area contributed by atoms with Crippen molar-refractivity contribution < 1.29 is 4.79 Å². The zero-order valence-electron chi connectivity index (χ0n) is 16.6. The summed E-state index contributed by atoms with van der Waals surface area (Å²) in [6, 6.07) is 0. The molecule has 2 aliphatic rings. The van der Waals surface area contributed by atoms with Gasteiger partial charge < -0.3 is 20.0 Å². The van der Waals surface area contributed by atoms with E-state index in [4.69, 9.17) is 0 Å². The summed E-state index contributed by atoms with van der Waals surface area (Å²) in [5.41, 5.74) is 0. The van der Waals surface area contributed by atoms with Gasteiger partial charge in [-0.05, 0) is 18.8 Å². The van der Waals surface area contributed by atoms with Gasteiger partial charge in [-0.25, -0.2) is 4.98 Å². The molecule has 0 spiro atoms. The second kappa shape index (κ2) is 9.34. The summed E-state index contributed by atoms with van der Waals surface area (Å²) in [5.74, 6) is 2.71. The van der Waals surface area contributed by atoms with Crippen LogP contribution in [0.2, 0.25) is 0 Å². The van der Waals surface area contributed by atoms with Gasteiger partial charge in [0.2, 0.25) is 11.0 Å². The predicted octanol–water partition coefficient (Wildman–Crippen LogP) is 1.06. The van der Waals surface area contributed by atoms with E-state index in [-0.39, 0.29) is 5.91 Å². The molecule has 8 nitrogen and oxygen atoms in total. The Morgan fingerprint density at radius 1 is 1.19 bits per heavy atom. The number of hydrogen-bond donors (Lipinski definition) is 1. The maximum atomic E-state index is 11.4. The first-order valence-corrected chi connectivity index (χ1v) is 10.7. The minimum atomic E-state index is 0.191. The van der Waals surface area contributed by atoms with Crippen LogP contribution in [0.15, 0.2) is 4.99 Å². The minimum absolute atomic E-state index is 0.191. The van der Waals surface area contributed by atoms with Gasteiger partial charge in [0.25, 0.3) is 0 Å². The summed E-state index contributed by atoms with van der Waals surface area (Å²) in [6.07, 6.45) is 3.01. The molecule has 27 heavy (non-hydrogen) atoms. The molecule has 9 heteroatoms. The molecule has 0 bridgehead atoms. The molecule has 0 aliphatic carbocycles. The van der Waals surface area contributed by atoms with E-state index in [0.29, 0.717) is 5.92 Å². The molecule has 2 saturated heterocycles. The van der Waals surface area contributed by atoms with Crippen molar-refractivity contribution >= 4 is 28.5 Å². The quantitative estimate of drug-likeness (QED) is 0.609. The normalized spacial score (nSPS) is 19.5. The van der Waals surface area contributed by atoms with Gasteiger partial charge >= 0.3 is 0 Å².